The summed E-state index contributed by atoms with van der Waals surface area (Å²) in [5.74, 6) is -0.0954. The third-order valence-corrected chi connectivity index (χ3v) is 4.59. The van der Waals surface area contributed by atoms with Crippen molar-refractivity contribution in [3.05, 3.63) is 55.8 Å². The molecule has 116 valence electrons. The molecule has 0 saturated carbocycles. The van der Waals surface area contributed by atoms with Crippen molar-refractivity contribution in [3.8, 4) is 10.6 Å². The highest BCUT2D eigenvalue weighted by Crippen LogP contribution is 2.26. The van der Waals surface area contributed by atoms with Crippen LogP contribution in [0.3, 0.4) is 0 Å². The van der Waals surface area contributed by atoms with Gasteiger partial charge in [-0.3, -0.25) is 9.59 Å². The molecule has 23 heavy (non-hydrogen) atoms. The number of thiazole rings is 1. The first kappa shape index (κ1) is 15.3. The zero-order valence-corrected chi connectivity index (χ0v) is 13.7. The number of amides is 1. The van der Waals surface area contributed by atoms with Gasteiger partial charge in [0.25, 0.3) is 11.5 Å². The van der Waals surface area contributed by atoms with Gasteiger partial charge in [0, 0.05) is 29.6 Å². The summed E-state index contributed by atoms with van der Waals surface area (Å²) in [6.07, 6.45) is 4.68. The molecule has 3 aromatic heterocycles. The summed E-state index contributed by atoms with van der Waals surface area (Å²) in [5.41, 5.74) is 1.39. The molecule has 3 heterocycles. The molecule has 0 radical (unpaired) electrons. The fourth-order valence-electron chi connectivity index (χ4n) is 1.84. The van der Waals surface area contributed by atoms with Crippen molar-refractivity contribution in [2.24, 2.45) is 0 Å². The second-order valence-corrected chi connectivity index (χ2v) is 6.15. The van der Waals surface area contributed by atoms with Crippen molar-refractivity contribution in [1.82, 2.24) is 20.3 Å². The summed E-state index contributed by atoms with van der Waals surface area (Å²) >= 11 is 3.18. The van der Waals surface area contributed by atoms with Crippen molar-refractivity contribution in [2.45, 2.75) is 0 Å². The predicted octanol–water partition coefficient (Wildman–Crippen LogP) is 2.48. The first-order valence-corrected chi connectivity index (χ1v) is 8.47. The van der Waals surface area contributed by atoms with E-state index in [1.165, 1.54) is 13.2 Å². The van der Waals surface area contributed by atoms with Gasteiger partial charge < -0.3 is 10.3 Å². The molecule has 0 bridgehead atoms. The lowest BCUT2D eigenvalue weighted by Gasteiger charge is -1.98. The Hall–Kier alpha value is -2.58. The van der Waals surface area contributed by atoms with Crippen molar-refractivity contribution in [3.63, 3.8) is 0 Å². The Morgan fingerprint density at radius 1 is 1.35 bits per heavy atom. The van der Waals surface area contributed by atoms with E-state index in [2.05, 4.69) is 20.3 Å². The van der Waals surface area contributed by atoms with E-state index < -0.39 is 11.5 Å². The molecule has 3 rings (SSSR count). The quantitative estimate of drug-likeness (QED) is 0.761. The van der Waals surface area contributed by atoms with E-state index in [-0.39, 0.29) is 5.56 Å². The van der Waals surface area contributed by atoms with Crippen molar-refractivity contribution in [1.29, 1.82) is 0 Å². The van der Waals surface area contributed by atoms with E-state index in [4.69, 9.17) is 0 Å². The second-order valence-electron chi connectivity index (χ2n) is 4.51. The topological polar surface area (TPSA) is 87.7 Å². The molecule has 0 spiro atoms. The van der Waals surface area contributed by atoms with Gasteiger partial charge in [0.1, 0.15) is 16.4 Å². The molecule has 0 aliphatic heterocycles. The fraction of sp³-hybridized carbons (Fsp3) is 0.0667. The van der Waals surface area contributed by atoms with Crippen LogP contribution in [0.5, 0.6) is 0 Å². The molecule has 0 atom stereocenters. The zero-order valence-electron chi connectivity index (χ0n) is 12.1. The average molecular weight is 344 g/mol. The van der Waals surface area contributed by atoms with Crippen molar-refractivity contribution < 1.29 is 4.79 Å². The van der Waals surface area contributed by atoms with Crippen molar-refractivity contribution in [2.75, 3.05) is 7.05 Å². The van der Waals surface area contributed by atoms with Gasteiger partial charge in [-0.05, 0) is 23.6 Å². The summed E-state index contributed by atoms with van der Waals surface area (Å²) in [5, 5.41) is 9.32. The lowest BCUT2D eigenvalue weighted by Crippen LogP contribution is -2.27. The predicted molar refractivity (Wildman–Crippen MR) is 92.6 cm³/mol. The van der Waals surface area contributed by atoms with Crippen LogP contribution in [0, 0.1) is 0 Å². The Kier molecular flexibility index (Phi) is 4.45. The van der Waals surface area contributed by atoms with Gasteiger partial charge in [0.05, 0.1) is 5.69 Å². The highest BCUT2D eigenvalue weighted by Gasteiger charge is 2.09. The van der Waals surface area contributed by atoms with Crippen molar-refractivity contribution >= 4 is 40.7 Å². The largest absolute Gasteiger partial charge is 0.355 e. The number of hydrogen-bond acceptors (Lipinski definition) is 6. The third-order valence-electron chi connectivity index (χ3n) is 2.99. The molecule has 2 N–H and O–H groups in total. The molecule has 0 aliphatic carbocycles. The molecular formula is C15H12N4O2S2. The smallest absolute Gasteiger partial charge is 0.263 e. The number of rotatable bonds is 4. The number of nitrogens with zero attached hydrogens (tertiary/aromatic N) is 2. The Bertz CT molecular complexity index is 910. The van der Waals surface area contributed by atoms with Crippen LogP contribution in [0.4, 0.5) is 0 Å². The van der Waals surface area contributed by atoms with Gasteiger partial charge in [-0.1, -0.05) is 0 Å². The number of aromatic amines is 1. The van der Waals surface area contributed by atoms with E-state index >= 15 is 0 Å². The van der Waals surface area contributed by atoms with Crippen LogP contribution in [0.2, 0.25) is 0 Å². The molecule has 3 aromatic rings. The van der Waals surface area contributed by atoms with Crippen LogP contribution in [0.25, 0.3) is 22.7 Å². The van der Waals surface area contributed by atoms with E-state index in [1.807, 2.05) is 22.2 Å². The maximum absolute atomic E-state index is 11.8. The third kappa shape index (κ3) is 3.43. The summed E-state index contributed by atoms with van der Waals surface area (Å²) in [6.45, 7) is 0. The lowest BCUT2D eigenvalue weighted by atomic mass is 10.3. The zero-order chi connectivity index (χ0) is 16.2. The van der Waals surface area contributed by atoms with Gasteiger partial charge in [-0.2, -0.15) is 11.3 Å². The minimum absolute atomic E-state index is 0.0157. The van der Waals surface area contributed by atoms with Gasteiger partial charge in [-0.25, -0.2) is 9.97 Å². The van der Waals surface area contributed by atoms with Crippen LogP contribution in [-0.4, -0.2) is 27.9 Å². The Balaban J connectivity index is 1.79. The fourth-order valence-corrected chi connectivity index (χ4v) is 3.34. The number of H-pyrrole nitrogens is 1. The molecule has 0 aliphatic rings. The number of thiophene rings is 1. The van der Waals surface area contributed by atoms with Gasteiger partial charge >= 0.3 is 0 Å². The summed E-state index contributed by atoms with van der Waals surface area (Å²) in [4.78, 5) is 34.4. The minimum Gasteiger partial charge on any atom is -0.355 e. The summed E-state index contributed by atoms with van der Waals surface area (Å²) in [6, 6.07) is 2.02. The van der Waals surface area contributed by atoms with Gasteiger partial charge in [-0.15, -0.1) is 11.3 Å². The Morgan fingerprint density at radius 2 is 2.22 bits per heavy atom. The molecule has 0 aromatic carbocycles. The molecule has 0 fully saturated rings. The Morgan fingerprint density at radius 3 is 2.91 bits per heavy atom. The van der Waals surface area contributed by atoms with E-state index in [0.29, 0.717) is 5.82 Å². The average Bonchev–Trinajstić information content (AvgIpc) is 3.23. The first-order chi connectivity index (χ1) is 11.2. The van der Waals surface area contributed by atoms with Crippen LogP contribution in [-0.2, 0) is 0 Å². The van der Waals surface area contributed by atoms with E-state index in [1.54, 1.807) is 34.8 Å². The highest BCUT2D eigenvalue weighted by atomic mass is 32.1. The van der Waals surface area contributed by atoms with E-state index in [9.17, 15) is 9.59 Å². The number of aromatic nitrogens is 3. The molecule has 1 amide bonds. The Labute approximate surface area is 139 Å². The maximum Gasteiger partial charge on any atom is 0.263 e. The molecule has 8 heteroatoms. The second kappa shape index (κ2) is 6.67. The highest BCUT2D eigenvalue weighted by molar-refractivity contribution is 7.14. The first-order valence-electron chi connectivity index (χ1n) is 6.65. The summed E-state index contributed by atoms with van der Waals surface area (Å²) < 4.78 is 0. The van der Waals surface area contributed by atoms with Crippen LogP contribution in [0.15, 0.2) is 33.2 Å². The number of nitrogens with one attached hydrogen (secondary N) is 2. The van der Waals surface area contributed by atoms with Gasteiger partial charge in [0.2, 0.25) is 0 Å². The normalized spacial score (nSPS) is 11.0. The standard InChI is InChI=1S/C15H12N4O2S2/c1-16-13(20)11-6-17-12(19-14(11)21)3-2-10-8-23-15(18-10)9-4-5-22-7-9/h2-8H,1H3,(H,16,20)(H,17,19,21)/b3-2+. The molecule has 6 nitrogen and oxygen atoms in total. The van der Waals surface area contributed by atoms with Crippen LogP contribution < -0.4 is 10.9 Å². The van der Waals surface area contributed by atoms with Crippen LogP contribution >= 0.6 is 22.7 Å². The summed E-state index contributed by atoms with van der Waals surface area (Å²) in [7, 11) is 1.46. The van der Waals surface area contributed by atoms with E-state index in [0.717, 1.165) is 16.3 Å². The van der Waals surface area contributed by atoms with Crippen LogP contribution in [0.1, 0.15) is 21.9 Å². The molecule has 0 unspecified atom stereocenters. The lowest BCUT2D eigenvalue weighted by molar-refractivity contribution is 0.0961. The number of carbonyl (C=O) groups excluding carboxylic acids is 1. The SMILES string of the molecule is CNC(=O)c1cnc(/C=C/c2csc(-c3ccsc3)n2)[nH]c1=O. The number of hydrogen-bond donors (Lipinski definition) is 2. The molecular weight excluding hydrogens is 332 g/mol. The maximum atomic E-state index is 11.8. The minimum atomic E-state index is -0.476. The molecule has 0 saturated heterocycles. The monoisotopic (exact) mass is 344 g/mol. The van der Waals surface area contributed by atoms with Gasteiger partial charge in [0.15, 0.2) is 0 Å². The number of carbonyl (C=O) groups is 1.